The maximum absolute atomic E-state index is 13.0. The Bertz CT molecular complexity index is 787. The molecule has 1 saturated heterocycles. The van der Waals surface area contributed by atoms with E-state index in [0.29, 0.717) is 36.8 Å². The number of aliphatic hydroxyl groups is 1. The standard InChI is InChI=1S/C19H25ClN4O2/c1-13-16(14-5-7-15(20)8-6-14)21-22-17(13)18(25)24-10-4-9-19(26,12-24)11-23(2)3/h5-8,26H,4,9-12H2,1-3H3,(H,21,22)/t19-/m1/s1. The lowest BCUT2D eigenvalue weighted by Crippen LogP contribution is -2.54. The summed E-state index contributed by atoms with van der Waals surface area (Å²) < 4.78 is 0. The molecule has 0 saturated carbocycles. The topological polar surface area (TPSA) is 72.5 Å². The summed E-state index contributed by atoms with van der Waals surface area (Å²) in [6.07, 6.45) is 1.49. The number of H-pyrrole nitrogens is 1. The lowest BCUT2D eigenvalue weighted by Gasteiger charge is -2.40. The van der Waals surface area contributed by atoms with E-state index in [-0.39, 0.29) is 5.91 Å². The number of β-amino-alcohol motifs (C(OH)–C–C–N with tert-alkyl or cyclic N) is 1. The first kappa shape index (κ1) is 18.9. The molecule has 0 bridgehead atoms. The van der Waals surface area contributed by atoms with Crippen molar-refractivity contribution in [3.63, 3.8) is 0 Å². The smallest absolute Gasteiger partial charge is 0.272 e. The van der Waals surface area contributed by atoms with Crippen LogP contribution in [0.2, 0.25) is 5.02 Å². The first-order valence-corrected chi connectivity index (χ1v) is 9.14. The van der Waals surface area contributed by atoms with Crippen LogP contribution in [-0.4, -0.2) is 70.3 Å². The minimum Gasteiger partial charge on any atom is -0.387 e. The van der Waals surface area contributed by atoms with Gasteiger partial charge in [0.1, 0.15) is 5.69 Å². The maximum atomic E-state index is 13.0. The number of likely N-dealkylation sites (tertiary alicyclic amines) is 1. The number of rotatable bonds is 4. The molecule has 0 unspecified atom stereocenters. The predicted octanol–water partition coefficient (Wildman–Crippen LogP) is 2.57. The van der Waals surface area contributed by atoms with E-state index in [1.165, 1.54) is 0 Å². The van der Waals surface area contributed by atoms with E-state index < -0.39 is 5.60 Å². The van der Waals surface area contributed by atoms with Crippen molar-refractivity contribution in [3.8, 4) is 11.3 Å². The average Bonchev–Trinajstić information content (AvgIpc) is 2.95. The van der Waals surface area contributed by atoms with Crippen LogP contribution >= 0.6 is 11.6 Å². The zero-order valence-corrected chi connectivity index (χ0v) is 16.2. The highest BCUT2D eigenvalue weighted by Gasteiger charge is 2.36. The number of aromatic amines is 1. The first-order chi connectivity index (χ1) is 12.3. The fourth-order valence-corrected chi connectivity index (χ4v) is 3.78. The van der Waals surface area contributed by atoms with Gasteiger partial charge in [-0.15, -0.1) is 0 Å². The molecule has 140 valence electrons. The molecule has 2 N–H and O–H groups in total. The molecule has 1 aliphatic rings. The van der Waals surface area contributed by atoms with Gasteiger partial charge in [0.15, 0.2) is 0 Å². The molecule has 1 aliphatic heterocycles. The van der Waals surface area contributed by atoms with Crippen LogP contribution in [0.5, 0.6) is 0 Å². The van der Waals surface area contributed by atoms with Gasteiger partial charge in [-0.2, -0.15) is 5.10 Å². The Hall–Kier alpha value is -1.89. The Morgan fingerprint density at radius 3 is 2.73 bits per heavy atom. The third-order valence-corrected chi connectivity index (χ3v) is 5.05. The fraction of sp³-hybridized carbons (Fsp3) is 0.474. The van der Waals surface area contributed by atoms with Crippen molar-refractivity contribution in [2.75, 3.05) is 33.7 Å². The van der Waals surface area contributed by atoms with Gasteiger partial charge in [0.05, 0.1) is 17.8 Å². The molecule has 3 rings (SSSR count). The molecule has 6 nitrogen and oxygen atoms in total. The molecule has 1 fully saturated rings. The molecule has 26 heavy (non-hydrogen) atoms. The van der Waals surface area contributed by atoms with E-state index >= 15 is 0 Å². The van der Waals surface area contributed by atoms with E-state index in [1.807, 2.05) is 38.1 Å². The quantitative estimate of drug-likeness (QED) is 0.860. The highest BCUT2D eigenvalue weighted by molar-refractivity contribution is 6.30. The van der Waals surface area contributed by atoms with Crippen molar-refractivity contribution in [1.82, 2.24) is 20.0 Å². The molecule has 7 heteroatoms. The van der Waals surface area contributed by atoms with Crippen LogP contribution in [0.3, 0.4) is 0 Å². The van der Waals surface area contributed by atoms with Gasteiger partial charge in [0.2, 0.25) is 0 Å². The normalized spacial score (nSPS) is 20.6. The van der Waals surface area contributed by atoms with Crippen LogP contribution < -0.4 is 0 Å². The van der Waals surface area contributed by atoms with Crippen molar-refractivity contribution < 1.29 is 9.90 Å². The number of carbonyl (C=O) groups is 1. The molecule has 0 radical (unpaired) electrons. The Labute approximate surface area is 158 Å². The number of amides is 1. The van der Waals surface area contributed by atoms with E-state index in [0.717, 1.165) is 23.2 Å². The van der Waals surface area contributed by atoms with Gasteiger partial charge < -0.3 is 14.9 Å². The van der Waals surface area contributed by atoms with Gasteiger partial charge in [0, 0.05) is 29.2 Å². The molecule has 1 aromatic heterocycles. The molecule has 1 aromatic carbocycles. The van der Waals surface area contributed by atoms with Crippen molar-refractivity contribution >= 4 is 17.5 Å². The van der Waals surface area contributed by atoms with E-state index in [9.17, 15) is 9.90 Å². The number of nitrogens with one attached hydrogen (secondary N) is 1. The van der Waals surface area contributed by atoms with Crippen LogP contribution in [-0.2, 0) is 0 Å². The monoisotopic (exact) mass is 376 g/mol. The Balaban J connectivity index is 1.81. The average molecular weight is 377 g/mol. The van der Waals surface area contributed by atoms with Gasteiger partial charge in [-0.25, -0.2) is 0 Å². The lowest BCUT2D eigenvalue weighted by atomic mass is 9.92. The van der Waals surface area contributed by atoms with Crippen molar-refractivity contribution in [1.29, 1.82) is 0 Å². The highest BCUT2D eigenvalue weighted by Crippen LogP contribution is 2.27. The Morgan fingerprint density at radius 1 is 1.38 bits per heavy atom. The molecular weight excluding hydrogens is 352 g/mol. The number of carbonyl (C=O) groups excluding carboxylic acids is 1. The van der Waals surface area contributed by atoms with Crippen molar-refractivity contribution in [2.45, 2.75) is 25.4 Å². The lowest BCUT2D eigenvalue weighted by molar-refractivity contribution is -0.0393. The zero-order chi connectivity index (χ0) is 18.9. The SMILES string of the molecule is Cc1c(-c2ccc(Cl)cc2)n[nH]c1C(=O)N1CCC[C@@](O)(CN(C)C)C1. The summed E-state index contributed by atoms with van der Waals surface area (Å²) in [6.45, 7) is 3.40. The second kappa shape index (κ2) is 7.39. The van der Waals surface area contributed by atoms with Crippen LogP contribution in [0.1, 0.15) is 28.9 Å². The molecule has 0 aliphatic carbocycles. The molecule has 1 amide bonds. The van der Waals surface area contributed by atoms with Crippen LogP contribution in [0, 0.1) is 6.92 Å². The summed E-state index contributed by atoms with van der Waals surface area (Å²) in [4.78, 5) is 16.7. The van der Waals surface area contributed by atoms with E-state index in [1.54, 1.807) is 17.0 Å². The zero-order valence-electron chi connectivity index (χ0n) is 15.4. The van der Waals surface area contributed by atoms with Gasteiger partial charge in [-0.1, -0.05) is 23.7 Å². The van der Waals surface area contributed by atoms with Crippen molar-refractivity contribution in [2.24, 2.45) is 0 Å². The number of aromatic nitrogens is 2. The predicted molar refractivity (Wildman–Crippen MR) is 102 cm³/mol. The largest absolute Gasteiger partial charge is 0.387 e. The van der Waals surface area contributed by atoms with E-state index in [4.69, 9.17) is 11.6 Å². The number of nitrogens with zero attached hydrogens (tertiary/aromatic N) is 3. The van der Waals surface area contributed by atoms with Gasteiger partial charge >= 0.3 is 0 Å². The van der Waals surface area contributed by atoms with Gasteiger partial charge in [-0.05, 0) is 46.0 Å². The number of piperidine rings is 1. The number of benzene rings is 1. The second-order valence-corrected chi connectivity index (χ2v) is 7.81. The number of halogens is 1. The van der Waals surface area contributed by atoms with Crippen LogP contribution in [0.25, 0.3) is 11.3 Å². The van der Waals surface area contributed by atoms with E-state index in [2.05, 4.69) is 10.2 Å². The summed E-state index contributed by atoms with van der Waals surface area (Å²) in [7, 11) is 3.85. The summed E-state index contributed by atoms with van der Waals surface area (Å²) >= 11 is 5.94. The fourth-order valence-electron chi connectivity index (χ4n) is 3.66. The molecule has 2 heterocycles. The summed E-state index contributed by atoms with van der Waals surface area (Å²) in [5, 5.41) is 18.7. The minimum atomic E-state index is -0.871. The minimum absolute atomic E-state index is 0.118. The first-order valence-electron chi connectivity index (χ1n) is 8.76. The molecule has 2 aromatic rings. The van der Waals surface area contributed by atoms with Crippen molar-refractivity contribution in [3.05, 3.63) is 40.5 Å². The third-order valence-electron chi connectivity index (χ3n) is 4.79. The molecule has 0 spiro atoms. The summed E-state index contributed by atoms with van der Waals surface area (Å²) in [6, 6.07) is 7.38. The Kier molecular flexibility index (Phi) is 5.37. The summed E-state index contributed by atoms with van der Waals surface area (Å²) in [5.74, 6) is -0.118. The number of hydrogen-bond acceptors (Lipinski definition) is 4. The molecular formula is C19H25ClN4O2. The maximum Gasteiger partial charge on any atom is 0.272 e. The summed E-state index contributed by atoms with van der Waals surface area (Å²) in [5.41, 5.74) is 2.06. The van der Waals surface area contributed by atoms with Gasteiger partial charge in [0.25, 0.3) is 5.91 Å². The number of likely N-dealkylation sites (N-methyl/N-ethyl adjacent to an activating group) is 1. The Morgan fingerprint density at radius 2 is 2.08 bits per heavy atom. The van der Waals surface area contributed by atoms with Crippen LogP contribution in [0.15, 0.2) is 24.3 Å². The number of hydrogen-bond donors (Lipinski definition) is 2. The van der Waals surface area contributed by atoms with Crippen LogP contribution in [0.4, 0.5) is 0 Å². The van der Waals surface area contributed by atoms with Gasteiger partial charge in [-0.3, -0.25) is 9.89 Å². The second-order valence-electron chi connectivity index (χ2n) is 7.37. The molecule has 1 atom stereocenters. The highest BCUT2D eigenvalue weighted by atomic mass is 35.5. The third kappa shape index (κ3) is 3.92.